The molecule has 1 amide bonds. The van der Waals surface area contributed by atoms with Crippen LogP contribution in [-0.4, -0.2) is 20.7 Å². The third-order valence-electron chi connectivity index (χ3n) is 4.94. The van der Waals surface area contributed by atoms with Crippen molar-refractivity contribution < 1.29 is 4.79 Å². The van der Waals surface area contributed by atoms with E-state index in [1.807, 2.05) is 29.6 Å². The second-order valence-corrected chi connectivity index (χ2v) is 8.01. The molecule has 0 aliphatic carbocycles. The van der Waals surface area contributed by atoms with Gasteiger partial charge in [0, 0.05) is 5.70 Å². The molecule has 1 atom stereocenters. The van der Waals surface area contributed by atoms with Gasteiger partial charge < -0.3 is 5.32 Å². The Bertz CT molecular complexity index is 1210. The number of amides is 1. The maximum Gasteiger partial charge on any atom is 0.268 e. The molecule has 0 fully saturated rings. The van der Waals surface area contributed by atoms with E-state index in [0.29, 0.717) is 10.8 Å². The van der Waals surface area contributed by atoms with Gasteiger partial charge in [-0.25, -0.2) is 4.68 Å². The number of anilines is 2. The maximum atomic E-state index is 12.4. The zero-order valence-corrected chi connectivity index (χ0v) is 17.1. The first-order valence-electron chi connectivity index (χ1n) is 9.59. The summed E-state index contributed by atoms with van der Waals surface area (Å²) in [5.41, 5.74) is 4.31. The Hall–Kier alpha value is -3.71. The fraction of sp³-hybridized carbons (Fsp3) is 0.0870. The van der Waals surface area contributed by atoms with Crippen LogP contribution in [-0.2, 0) is 0 Å². The van der Waals surface area contributed by atoms with E-state index in [1.54, 1.807) is 10.7 Å². The lowest BCUT2D eigenvalue weighted by Crippen LogP contribution is -2.20. The zero-order valence-electron chi connectivity index (χ0n) is 16.2. The zero-order chi connectivity index (χ0) is 20.5. The highest BCUT2D eigenvalue weighted by molar-refractivity contribution is 7.12. The molecular weight excluding hydrogens is 394 g/mol. The molecule has 148 valence electrons. The van der Waals surface area contributed by atoms with Crippen LogP contribution in [0.1, 0.15) is 32.4 Å². The average Bonchev–Trinajstić information content (AvgIpc) is 3.44. The normalized spacial score (nSPS) is 15.1. The Kier molecular flexibility index (Phi) is 4.65. The van der Waals surface area contributed by atoms with Crippen LogP contribution in [0, 0.1) is 6.92 Å². The van der Waals surface area contributed by atoms with E-state index < -0.39 is 0 Å². The summed E-state index contributed by atoms with van der Waals surface area (Å²) in [7, 11) is 0. The number of hydrogen-bond acceptors (Lipinski definition) is 5. The van der Waals surface area contributed by atoms with Gasteiger partial charge in [0.05, 0.1) is 4.88 Å². The van der Waals surface area contributed by atoms with Crippen LogP contribution in [0.2, 0.25) is 0 Å². The van der Waals surface area contributed by atoms with E-state index in [0.717, 1.165) is 16.8 Å². The third kappa shape index (κ3) is 3.51. The Morgan fingerprint density at radius 3 is 2.60 bits per heavy atom. The second-order valence-electron chi connectivity index (χ2n) is 7.06. The molecule has 1 aliphatic heterocycles. The van der Waals surface area contributed by atoms with Crippen molar-refractivity contribution in [2.24, 2.45) is 0 Å². The van der Waals surface area contributed by atoms with E-state index in [2.05, 4.69) is 70.1 Å². The molecule has 3 heterocycles. The molecule has 7 heteroatoms. The SMILES string of the molecule is Cc1ccc([C@@H]2C=C(c3ccccc3)Nc3nc(NC(=O)c4cccs4)nn32)cc1. The Balaban J connectivity index is 1.53. The van der Waals surface area contributed by atoms with Crippen LogP contribution >= 0.6 is 11.3 Å². The molecule has 2 aromatic heterocycles. The minimum absolute atomic E-state index is 0.142. The Morgan fingerprint density at radius 1 is 1.07 bits per heavy atom. The lowest BCUT2D eigenvalue weighted by Gasteiger charge is -2.24. The minimum atomic E-state index is -0.212. The summed E-state index contributed by atoms with van der Waals surface area (Å²) in [6.45, 7) is 2.07. The van der Waals surface area contributed by atoms with Gasteiger partial charge in [0.15, 0.2) is 0 Å². The lowest BCUT2D eigenvalue weighted by atomic mass is 10.0. The molecule has 5 rings (SSSR count). The van der Waals surface area contributed by atoms with Gasteiger partial charge in [-0.15, -0.1) is 16.4 Å². The first kappa shape index (κ1) is 18.3. The van der Waals surface area contributed by atoms with E-state index in [-0.39, 0.29) is 17.9 Å². The number of hydrogen-bond donors (Lipinski definition) is 2. The number of aromatic nitrogens is 3. The topological polar surface area (TPSA) is 71.8 Å². The van der Waals surface area contributed by atoms with Crippen molar-refractivity contribution in [1.82, 2.24) is 14.8 Å². The van der Waals surface area contributed by atoms with Crippen molar-refractivity contribution in [1.29, 1.82) is 0 Å². The molecule has 6 nitrogen and oxygen atoms in total. The average molecular weight is 414 g/mol. The number of aryl methyl sites for hydroxylation is 1. The Morgan fingerprint density at radius 2 is 1.87 bits per heavy atom. The summed E-state index contributed by atoms with van der Waals surface area (Å²) in [5.74, 6) is 0.648. The van der Waals surface area contributed by atoms with Gasteiger partial charge in [0.1, 0.15) is 6.04 Å². The number of nitrogens with zero attached hydrogens (tertiary/aromatic N) is 3. The van der Waals surface area contributed by atoms with Crippen molar-refractivity contribution in [3.63, 3.8) is 0 Å². The lowest BCUT2D eigenvalue weighted by molar-refractivity contribution is 0.102. The molecule has 30 heavy (non-hydrogen) atoms. The number of benzene rings is 2. The summed E-state index contributed by atoms with van der Waals surface area (Å²) in [6.07, 6.45) is 2.13. The molecule has 0 spiro atoms. The highest BCUT2D eigenvalue weighted by Crippen LogP contribution is 2.33. The van der Waals surface area contributed by atoms with Gasteiger partial charge >= 0.3 is 0 Å². The van der Waals surface area contributed by atoms with E-state index in [1.165, 1.54) is 16.9 Å². The molecule has 2 aromatic carbocycles. The first-order valence-corrected chi connectivity index (χ1v) is 10.5. The van der Waals surface area contributed by atoms with Crippen LogP contribution in [0.4, 0.5) is 11.9 Å². The van der Waals surface area contributed by atoms with Crippen LogP contribution in [0.25, 0.3) is 5.70 Å². The molecule has 0 bridgehead atoms. The number of allylic oxidation sites excluding steroid dienone is 1. The summed E-state index contributed by atoms with van der Waals surface area (Å²) >= 11 is 1.38. The van der Waals surface area contributed by atoms with Crippen LogP contribution in [0.15, 0.2) is 78.2 Å². The maximum absolute atomic E-state index is 12.4. The second kappa shape index (κ2) is 7.61. The summed E-state index contributed by atoms with van der Waals surface area (Å²) < 4.78 is 1.81. The molecule has 0 radical (unpaired) electrons. The van der Waals surface area contributed by atoms with Gasteiger partial charge in [-0.2, -0.15) is 4.98 Å². The van der Waals surface area contributed by atoms with E-state index >= 15 is 0 Å². The monoisotopic (exact) mass is 413 g/mol. The smallest absolute Gasteiger partial charge is 0.268 e. The van der Waals surface area contributed by atoms with Crippen LogP contribution in [0.3, 0.4) is 0 Å². The summed E-state index contributed by atoms with van der Waals surface area (Å²) in [5, 5.41) is 12.6. The molecular formula is C23H19N5OS. The molecule has 1 aliphatic rings. The van der Waals surface area contributed by atoms with Crippen molar-refractivity contribution in [3.05, 3.63) is 99.8 Å². The van der Waals surface area contributed by atoms with Gasteiger partial charge in [0.25, 0.3) is 11.9 Å². The quantitative estimate of drug-likeness (QED) is 0.496. The molecule has 4 aromatic rings. The highest BCUT2D eigenvalue weighted by atomic mass is 32.1. The third-order valence-corrected chi connectivity index (χ3v) is 5.81. The van der Waals surface area contributed by atoms with Crippen molar-refractivity contribution in [2.75, 3.05) is 10.6 Å². The number of rotatable bonds is 4. The van der Waals surface area contributed by atoms with Gasteiger partial charge in [-0.05, 0) is 35.6 Å². The van der Waals surface area contributed by atoms with Gasteiger partial charge in [0.2, 0.25) is 5.95 Å². The number of nitrogens with one attached hydrogen (secondary N) is 2. The molecule has 0 saturated carbocycles. The fourth-order valence-corrected chi connectivity index (χ4v) is 4.02. The van der Waals surface area contributed by atoms with E-state index in [4.69, 9.17) is 0 Å². The number of fused-ring (bicyclic) bond motifs is 1. The molecule has 0 saturated heterocycles. The van der Waals surface area contributed by atoms with Crippen molar-refractivity contribution >= 4 is 34.8 Å². The summed E-state index contributed by atoms with van der Waals surface area (Å²) in [4.78, 5) is 17.6. The largest absolute Gasteiger partial charge is 0.324 e. The molecule has 2 N–H and O–H groups in total. The summed E-state index contributed by atoms with van der Waals surface area (Å²) in [6, 6.07) is 22.0. The standard InChI is InChI=1S/C23H19N5OS/c1-15-9-11-17(12-10-15)19-14-18(16-6-3-2-4-7-16)24-23-26-22(27-28(19)23)25-21(29)20-8-5-13-30-20/h2-14,19H,1H3,(H2,24,25,26,27,29)/t19-/m0/s1. The van der Waals surface area contributed by atoms with Gasteiger partial charge in [-0.3, -0.25) is 10.1 Å². The minimum Gasteiger partial charge on any atom is -0.324 e. The predicted octanol–water partition coefficient (Wildman–Crippen LogP) is 4.96. The van der Waals surface area contributed by atoms with Crippen molar-refractivity contribution in [2.45, 2.75) is 13.0 Å². The number of carbonyl (C=O) groups is 1. The van der Waals surface area contributed by atoms with Gasteiger partial charge in [-0.1, -0.05) is 66.2 Å². The van der Waals surface area contributed by atoms with E-state index in [9.17, 15) is 4.79 Å². The fourth-order valence-electron chi connectivity index (χ4n) is 3.40. The predicted molar refractivity (Wildman–Crippen MR) is 120 cm³/mol. The highest BCUT2D eigenvalue weighted by Gasteiger charge is 2.26. The van der Waals surface area contributed by atoms with Crippen LogP contribution < -0.4 is 10.6 Å². The Labute approximate surface area is 177 Å². The number of carbonyl (C=O) groups excluding carboxylic acids is 1. The van der Waals surface area contributed by atoms with Crippen LogP contribution in [0.5, 0.6) is 0 Å². The first-order chi connectivity index (χ1) is 14.7. The number of thiophene rings is 1. The molecule has 0 unspecified atom stereocenters. The van der Waals surface area contributed by atoms with Crippen molar-refractivity contribution in [3.8, 4) is 0 Å².